The van der Waals surface area contributed by atoms with Crippen LogP contribution in [-0.4, -0.2) is 12.7 Å². The van der Waals surface area contributed by atoms with Gasteiger partial charge in [0.25, 0.3) is 0 Å². The lowest BCUT2D eigenvalue weighted by Crippen LogP contribution is -2.30. The molecular weight excluding hydrogens is 112 g/mol. The summed E-state index contributed by atoms with van der Waals surface area (Å²) in [6, 6.07) is 0. The summed E-state index contributed by atoms with van der Waals surface area (Å²) in [6.07, 6.45) is 1.56. The van der Waals surface area contributed by atoms with Gasteiger partial charge in [0.1, 0.15) is 0 Å². The molecule has 0 aliphatic carbocycles. The van der Waals surface area contributed by atoms with Gasteiger partial charge in [0.2, 0.25) is 0 Å². The first-order valence-corrected chi connectivity index (χ1v) is 3.52. The highest BCUT2D eigenvalue weighted by Crippen LogP contribution is 2.23. The fourth-order valence-corrected chi connectivity index (χ4v) is 0.900. The van der Waals surface area contributed by atoms with Crippen LogP contribution in [0.1, 0.15) is 20.3 Å². The molecule has 1 atom stereocenters. The Hall–Kier alpha value is -0.300. The molecule has 0 N–H and O–H groups in total. The third kappa shape index (κ3) is 1.33. The van der Waals surface area contributed by atoms with Crippen LogP contribution < -0.4 is 0 Å². The van der Waals surface area contributed by atoms with E-state index in [4.69, 9.17) is 4.74 Å². The van der Waals surface area contributed by atoms with Crippen molar-refractivity contribution < 1.29 is 4.74 Å². The first-order chi connectivity index (χ1) is 4.22. The van der Waals surface area contributed by atoms with Crippen molar-refractivity contribution in [1.82, 2.24) is 0 Å². The molecule has 1 aliphatic rings. The Labute approximate surface area is 56.7 Å². The van der Waals surface area contributed by atoms with Crippen LogP contribution in [0.3, 0.4) is 0 Å². The Bertz CT molecular complexity index is 112. The van der Waals surface area contributed by atoms with Gasteiger partial charge in [-0.05, 0) is 11.5 Å². The van der Waals surface area contributed by atoms with Gasteiger partial charge in [-0.15, -0.1) is 0 Å². The van der Waals surface area contributed by atoms with Crippen LogP contribution in [-0.2, 0) is 4.74 Å². The van der Waals surface area contributed by atoms with E-state index in [1.54, 1.807) is 0 Å². The summed E-state index contributed by atoms with van der Waals surface area (Å²) in [7, 11) is 0. The second-order valence-electron chi connectivity index (χ2n) is 2.88. The molecule has 0 aromatic carbocycles. The van der Waals surface area contributed by atoms with Gasteiger partial charge in [-0.2, -0.15) is 0 Å². The zero-order valence-corrected chi connectivity index (χ0v) is 6.18. The molecule has 1 heterocycles. The molecule has 0 amide bonds. The van der Waals surface area contributed by atoms with Crippen LogP contribution in [0.4, 0.5) is 0 Å². The van der Waals surface area contributed by atoms with Crippen LogP contribution in [0.15, 0.2) is 12.2 Å². The molecule has 52 valence electrons. The minimum atomic E-state index is 0.380. The Morgan fingerprint density at radius 2 is 2.22 bits per heavy atom. The zero-order valence-electron chi connectivity index (χ0n) is 6.18. The smallest absolute Gasteiger partial charge is 0.0806 e. The van der Waals surface area contributed by atoms with E-state index in [2.05, 4.69) is 20.4 Å². The molecule has 1 nitrogen and oxygen atoms in total. The van der Waals surface area contributed by atoms with Gasteiger partial charge in [0, 0.05) is 6.42 Å². The van der Waals surface area contributed by atoms with Crippen LogP contribution in [0.2, 0.25) is 0 Å². The highest BCUT2D eigenvalue weighted by atomic mass is 16.5. The van der Waals surface area contributed by atoms with Gasteiger partial charge in [-0.3, -0.25) is 0 Å². The van der Waals surface area contributed by atoms with E-state index in [0.717, 1.165) is 6.61 Å². The Morgan fingerprint density at radius 1 is 1.67 bits per heavy atom. The van der Waals surface area contributed by atoms with Crippen molar-refractivity contribution in [1.29, 1.82) is 0 Å². The summed E-state index contributed by atoms with van der Waals surface area (Å²) >= 11 is 0. The van der Waals surface area contributed by atoms with Crippen molar-refractivity contribution in [2.75, 3.05) is 6.61 Å². The maximum absolute atomic E-state index is 5.25. The standard InChI is InChI=1S/C8H14O/c1-6(2)7(3)8-4-5-9-8/h6,8H,3-5H2,1-2H3/t8-/m1/s1. The molecular formula is C8H14O. The van der Waals surface area contributed by atoms with E-state index >= 15 is 0 Å². The molecule has 1 saturated heterocycles. The predicted molar refractivity (Wildman–Crippen MR) is 38.3 cm³/mol. The van der Waals surface area contributed by atoms with E-state index in [-0.39, 0.29) is 0 Å². The molecule has 1 fully saturated rings. The van der Waals surface area contributed by atoms with Crippen LogP contribution in [0.5, 0.6) is 0 Å². The molecule has 0 unspecified atom stereocenters. The van der Waals surface area contributed by atoms with E-state index in [9.17, 15) is 0 Å². The largest absolute Gasteiger partial charge is 0.374 e. The topological polar surface area (TPSA) is 9.23 Å². The maximum Gasteiger partial charge on any atom is 0.0806 e. The van der Waals surface area contributed by atoms with Crippen LogP contribution in [0.25, 0.3) is 0 Å². The molecule has 0 aromatic heterocycles. The van der Waals surface area contributed by atoms with Crippen molar-refractivity contribution in [2.24, 2.45) is 5.92 Å². The molecule has 0 aromatic rings. The summed E-state index contributed by atoms with van der Waals surface area (Å²) in [5, 5.41) is 0. The lowest BCUT2D eigenvalue weighted by atomic mass is 9.95. The highest BCUT2D eigenvalue weighted by molar-refractivity contribution is 5.07. The normalized spacial score (nSPS) is 25.9. The van der Waals surface area contributed by atoms with Gasteiger partial charge < -0.3 is 4.74 Å². The van der Waals surface area contributed by atoms with Gasteiger partial charge in [-0.1, -0.05) is 20.4 Å². The second kappa shape index (κ2) is 2.53. The van der Waals surface area contributed by atoms with Crippen LogP contribution in [0, 0.1) is 5.92 Å². The molecule has 0 spiro atoms. The fourth-order valence-electron chi connectivity index (χ4n) is 0.900. The van der Waals surface area contributed by atoms with Crippen molar-refractivity contribution >= 4 is 0 Å². The number of rotatable bonds is 2. The van der Waals surface area contributed by atoms with Crippen molar-refractivity contribution in [3.8, 4) is 0 Å². The van der Waals surface area contributed by atoms with Gasteiger partial charge >= 0.3 is 0 Å². The minimum absolute atomic E-state index is 0.380. The average molecular weight is 126 g/mol. The van der Waals surface area contributed by atoms with Crippen molar-refractivity contribution in [2.45, 2.75) is 26.4 Å². The van der Waals surface area contributed by atoms with Crippen molar-refractivity contribution in [3.63, 3.8) is 0 Å². The Morgan fingerprint density at radius 3 is 2.33 bits per heavy atom. The van der Waals surface area contributed by atoms with Gasteiger partial charge in [-0.25, -0.2) is 0 Å². The van der Waals surface area contributed by atoms with Crippen LogP contribution >= 0.6 is 0 Å². The van der Waals surface area contributed by atoms with Crippen molar-refractivity contribution in [3.05, 3.63) is 12.2 Å². The molecule has 9 heavy (non-hydrogen) atoms. The third-order valence-corrected chi connectivity index (χ3v) is 1.85. The summed E-state index contributed by atoms with van der Waals surface area (Å²) in [6.45, 7) is 9.19. The summed E-state index contributed by atoms with van der Waals surface area (Å²) in [5.41, 5.74) is 1.25. The average Bonchev–Trinajstić information content (AvgIpc) is 1.60. The monoisotopic (exact) mass is 126 g/mol. The Balaban J connectivity index is 2.32. The lowest BCUT2D eigenvalue weighted by Gasteiger charge is -2.30. The predicted octanol–water partition coefficient (Wildman–Crippen LogP) is 1.99. The number of ether oxygens (including phenoxy) is 1. The zero-order chi connectivity index (χ0) is 6.85. The summed E-state index contributed by atoms with van der Waals surface area (Å²) < 4.78 is 5.25. The van der Waals surface area contributed by atoms with E-state index in [1.807, 2.05) is 0 Å². The van der Waals surface area contributed by atoms with Gasteiger partial charge in [0.05, 0.1) is 12.7 Å². The fraction of sp³-hybridized carbons (Fsp3) is 0.750. The molecule has 1 heteroatoms. The van der Waals surface area contributed by atoms with E-state index in [1.165, 1.54) is 12.0 Å². The highest BCUT2D eigenvalue weighted by Gasteiger charge is 2.22. The van der Waals surface area contributed by atoms with E-state index < -0.39 is 0 Å². The molecule has 0 radical (unpaired) electrons. The molecule has 0 saturated carbocycles. The number of hydrogen-bond donors (Lipinski definition) is 0. The lowest BCUT2D eigenvalue weighted by molar-refractivity contribution is -0.0301. The van der Waals surface area contributed by atoms with E-state index in [0.29, 0.717) is 12.0 Å². The first-order valence-electron chi connectivity index (χ1n) is 3.52. The Kier molecular flexibility index (Phi) is 1.91. The van der Waals surface area contributed by atoms with Gasteiger partial charge in [0.15, 0.2) is 0 Å². The quantitative estimate of drug-likeness (QED) is 0.514. The summed E-state index contributed by atoms with van der Waals surface area (Å²) in [5.74, 6) is 0.579. The molecule has 1 rings (SSSR count). The SMILES string of the molecule is C=C(C(C)C)[C@H]1CCO1. The minimum Gasteiger partial charge on any atom is -0.374 e. The molecule has 0 bridgehead atoms. The second-order valence-corrected chi connectivity index (χ2v) is 2.88. The first kappa shape index (κ1) is 6.81. The molecule has 1 aliphatic heterocycles. The number of hydrogen-bond acceptors (Lipinski definition) is 1. The summed E-state index contributed by atoms with van der Waals surface area (Å²) in [4.78, 5) is 0. The maximum atomic E-state index is 5.25. The third-order valence-electron chi connectivity index (χ3n) is 1.85.